The van der Waals surface area contributed by atoms with Crippen LogP contribution in [-0.2, 0) is 6.18 Å². The molecule has 0 unspecified atom stereocenters. The molecule has 116 valence electrons. The average molecular weight is 327 g/mol. The largest absolute Gasteiger partial charge is 0.452 e. The van der Waals surface area contributed by atoms with Crippen molar-refractivity contribution < 1.29 is 13.2 Å². The zero-order valence-electron chi connectivity index (χ0n) is 11.4. The molecular weight excluding hydrogens is 315 g/mol. The lowest BCUT2D eigenvalue weighted by atomic mass is 10.00. The van der Waals surface area contributed by atoms with Gasteiger partial charge in [0.2, 0.25) is 11.0 Å². The quantitative estimate of drug-likeness (QED) is 0.868. The van der Waals surface area contributed by atoms with E-state index in [1.54, 1.807) is 4.90 Å². The fourth-order valence-electron chi connectivity index (χ4n) is 2.44. The van der Waals surface area contributed by atoms with E-state index in [0.717, 1.165) is 17.4 Å². The SMILES string of the molecule is FC(F)(F)c1nsc(N2CC(c3ncc(C4CC4)cn3)C2)n1. The second-order valence-corrected chi connectivity index (χ2v) is 6.38. The maximum atomic E-state index is 12.5. The Bertz CT molecular complexity index is 674. The van der Waals surface area contributed by atoms with Gasteiger partial charge in [-0.1, -0.05) is 0 Å². The molecule has 1 saturated carbocycles. The van der Waals surface area contributed by atoms with Crippen molar-refractivity contribution in [2.24, 2.45) is 0 Å². The van der Waals surface area contributed by atoms with Crippen LogP contribution >= 0.6 is 11.5 Å². The van der Waals surface area contributed by atoms with Gasteiger partial charge in [-0.15, -0.1) is 0 Å². The summed E-state index contributed by atoms with van der Waals surface area (Å²) in [6.45, 7) is 1.16. The molecule has 4 rings (SSSR count). The van der Waals surface area contributed by atoms with Crippen LogP contribution in [0.5, 0.6) is 0 Å². The molecule has 0 amide bonds. The number of hydrogen-bond acceptors (Lipinski definition) is 6. The Morgan fingerprint density at radius 3 is 2.32 bits per heavy atom. The maximum Gasteiger partial charge on any atom is 0.452 e. The molecule has 3 heterocycles. The molecule has 1 aliphatic carbocycles. The second kappa shape index (κ2) is 4.87. The predicted molar refractivity (Wildman–Crippen MR) is 73.9 cm³/mol. The Kier molecular flexibility index (Phi) is 3.07. The Morgan fingerprint density at radius 1 is 1.09 bits per heavy atom. The van der Waals surface area contributed by atoms with E-state index in [2.05, 4.69) is 19.3 Å². The van der Waals surface area contributed by atoms with Gasteiger partial charge in [0.15, 0.2) is 0 Å². The fraction of sp³-hybridized carbons (Fsp3) is 0.538. The van der Waals surface area contributed by atoms with Gasteiger partial charge in [-0.3, -0.25) is 0 Å². The summed E-state index contributed by atoms with van der Waals surface area (Å²) in [5.74, 6) is 0.447. The van der Waals surface area contributed by atoms with Crippen molar-refractivity contribution in [1.29, 1.82) is 0 Å². The molecule has 5 nitrogen and oxygen atoms in total. The summed E-state index contributed by atoms with van der Waals surface area (Å²) in [6.07, 6.45) is 1.67. The first kappa shape index (κ1) is 13.9. The van der Waals surface area contributed by atoms with Crippen LogP contribution in [0.15, 0.2) is 12.4 Å². The van der Waals surface area contributed by atoms with E-state index in [1.165, 1.54) is 18.4 Å². The van der Waals surface area contributed by atoms with Gasteiger partial charge >= 0.3 is 6.18 Å². The van der Waals surface area contributed by atoms with E-state index in [1.807, 2.05) is 12.4 Å². The van der Waals surface area contributed by atoms with Gasteiger partial charge < -0.3 is 4.90 Å². The van der Waals surface area contributed by atoms with Crippen molar-refractivity contribution in [2.45, 2.75) is 30.9 Å². The minimum absolute atomic E-state index is 0.145. The van der Waals surface area contributed by atoms with E-state index >= 15 is 0 Å². The van der Waals surface area contributed by atoms with Crippen molar-refractivity contribution in [2.75, 3.05) is 18.0 Å². The average Bonchev–Trinajstić information content (AvgIpc) is 3.15. The highest BCUT2D eigenvalue weighted by molar-refractivity contribution is 7.09. The number of rotatable bonds is 3. The van der Waals surface area contributed by atoms with Gasteiger partial charge in [-0.2, -0.15) is 22.5 Å². The van der Waals surface area contributed by atoms with Crippen LogP contribution < -0.4 is 4.90 Å². The lowest BCUT2D eigenvalue weighted by Crippen LogP contribution is -2.45. The fourth-order valence-corrected chi connectivity index (χ4v) is 3.15. The molecule has 22 heavy (non-hydrogen) atoms. The Labute approximate surface area is 128 Å². The van der Waals surface area contributed by atoms with Gasteiger partial charge in [0, 0.05) is 37.0 Å². The van der Waals surface area contributed by atoms with Crippen LogP contribution in [-0.4, -0.2) is 32.4 Å². The number of aromatic nitrogens is 4. The summed E-state index contributed by atoms with van der Waals surface area (Å²) in [6, 6.07) is 0. The number of hydrogen-bond donors (Lipinski definition) is 0. The normalized spacial score (nSPS) is 19.3. The van der Waals surface area contributed by atoms with Gasteiger partial charge in [-0.05, 0) is 24.3 Å². The molecule has 2 aromatic heterocycles. The molecule has 0 bridgehead atoms. The third-order valence-electron chi connectivity index (χ3n) is 3.93. The Morgan fingerprint density at radius 2 is 1.77 bits per heavy atom. The van der Waals surface area contributed by atoms with E-state index in [0.29, 0.717) is 24.1 Å². The van der Waals surface area contributed by atoms with Crippen molar-refractivity contribution in [3.63, 3.8) is 0 Å². The van der Waals surface area contributed by atoms with E-state index in [9.17, 15) is 13.2 Å². The van der Waals surface area contributed by atoms with Gasteiger partial charge in [0.05, 0.1) is 5.92 Å². The van der Waals surface area contributed by atoms with Crippen LogP contribution in [0.2, 0.25) is 0 Å². The summed E-state index contributed by atoms with van der Waals surface area (Å²) in [5.41, 5.74) is 1.18. The Balaban J connectivity index is 1.40. The topological polar surface area (TPSA) is 54.8 Å². The van der Waals surface area contributed by atoms with Crippen molar-refractivity contribution in [3.8, 4) is 0 Å². The number of nitrogens with zero attached hydrogens (tertiary/aromatic N) is 5. The summed E-state index contributed by atoms with van der Waals surface area (Å²) < 4.78 is 40.8. The first-order valence-corrected chi connectivity index (χ1v) is 7.76. The third-order valence-corrected chi connectivity index (χ3v) is 4.70. The minimum Gasteiger partial charge on any atom is -0.345 e. The van der Waals surface area contributed by atoms with E-state index < -0.39 is 12.0 Å². The first-order chi connectivity index (χ1) is 10.5. The van der Waals surface area contributed by atoms with Crippen LogP contribution in [0.1, 0.15) is 41.9 Å². The second-order valence-electron chi connectivity index (χ2n) is 5.65. The molecule has 2 aromatic rings. The van der Waals surface area contributed by atoms with E-state index in [-0.39, 0.29) is 5.92 Å². The molecule has 0 spiro atoms. The monoisotopic (exact) mass is 327 g/mol. The number of halogens is 3. The molecule has 2 fully saturated rings. The lowest BCUT2D eigenvalue weighted by molar-refractivity contribution is -0.144. The Hall–Kier alpha value is -1.77. The molecule has 0 aromatic carbocycles. The highest BCUT2D eigenvalue weighted by Crippen LogP contribution is 2.40. The maximum absolute atomic E-state index is 12.5. The van der Waals surface area contributed by atoms with Crippen molar-refractivity contribution in [3.05, 3.63) is 29.6 Å². The lowest BCUT2D eigenvalue weighted by Gasteiger charge is -2.37. The van der Waals surface area contributed by atoms with Gasteiger partial charge in [-0.25, -0.2) is 9.97 Å². The van der Waals surface area contributed by atoms with Crippen molar-refractivity contribution >= 4 is 16.7 Å². The third kappa shape index (κ3) is 2.53. The number of anilines is 1. The predicted octanol–water partition coefficient (Wildman–Crippen LogP) is 2.83. The summed E-state index contributed by atoms with van der Waals surface area (Å²) in [5, 5.41) is 0.304. The molecule has 1 saturated heterocycles. The molecule has 0 N–H and O–H groups in total. The molecule has 2 aliphatic rings. The highest BCUT2D eigenvalue weighted by atomic mass is 32.1. The summed E-state index contributed by atoms with van der Waals surface area (Å²) in [7, 11) is 0. The zero-order chi connectivity index (χ0) is 15.3. The van der Waals surface area contributed by atoms with Crippen molar-refractivity contribution in [1.82, 2.24) is 19.3 Å². The first-order valence-electron chi connectivity index (χ1n) is 6.98. The van der Waals surface area contributed by atoms with Crippen LogP contribution in [0.25, 0.3) is 0 Å². The van der Waals surface area contributed by atoms with Gasteiger partial charge in [0.25, 0.3) is 0 Å². The summed E-state index contributed by atoms with van der Waals surface area (Å²) in [4.78, 5) is 14.1. The minimum atomic E-state index is -4.49. The molecule has 1 aliphatic heterocycles. The standard InChI is InChI=1S/C13H12F3N5S/c14-13(15,16)11-19-12(22-20-11)21-5-9(6-21)10-17-3-8(4-18-10)7-1-2-7/h3-4,7,9H,1-2,5-6H2. The number of alkyl halides is 3. The van der Waals surface area contributed by atoms with Crippen LogP contribution in [0.4, 0.5) is 18.3 Å². The van der Waals surface area contributed by atoms with E-state index in [4.69, 9.17) is 0 Å². The van der Waals surface area contributed by atoms with Gasteiger partial charge in [0.1, 0.15) is 5.82 Å². The molecular formula is C13H12F3N5S. The molecule has 9 heteroatoms. The molecule has 0 radical (unpaired) electrons. The van der Waals surface area contributed by atoms with Crippen LogP contribution in [0, 0.1) is 0 Å². The molecule has 0 atom stereocenters. The zero-order valence-corrected chi connectivity index (χ0v) is 12.2. The smallest absolute Gasteiger partial charge is 0.345 e. The summed E-state index contributed by atoms with van der Waals surface area (Å²) >= 11 is 0.776. The highest BCUT2D eigenvalue weighted by Gasteiger charge is 2.39. The van der Waals surface area contributed by atoms with Crippen LogP contribution in [0.3, 0.4) is 0 Å².